The number of aryl methyl sites for hydroxylation is 1. The Morgan fingerprint density at radius 2 is 1.94 bits per heavy atom. The van der Waals surface area contributed by atoms with Crippen molar-refractivity contribution in [2.45, 2.75) is 20.5 Å². The van der Waals surface area contributed by atoms with Crippen LogP contribution in [0.5, 0.6) is 0 Å². The summed E-state index contributed by atoms with van der Waals surface area (Å²) in [4.78, 5) is 5.29. The van der Waals surface area contributed by atoms with Gasteiger partial charge in [-0.2, -0.15) is 0 Å². The average molecular weight is 242 g/mol. The number of nitrogens with zero attached hydrogens (tertiary/aromatic N) is 2. The van der Waals surface area contributed by atoms with Crippen LogP contribution in [0.1, 0.15) is 22.5 Å². The van der Waals surface area contributed by atoms with Crippen molar-refractivity contribution < 1.29 is 4.84 Å². The van der Waals surface area contributed by atoms with E-state index in [9.17, 15) is 0 Å². The first kappa shape index (κ1) is 12.4. The molecule has 0 saturated carbocycles. The van der Waals surface area contributed by atoms with E-state index >= 15 is 0 Å². The fourth-order valence-electron chi connectivity index (χ4n) is 1.80. The summed E-state index contributed by atoms with van der Waals surface area (Å²) in [6.45, 7) is 4.66. The van der Waals surface area contributed by atoms with E-state index in [1.165, 1.54) is 11.4 Å². The van der Waals surface area contributed by atoms with E-state index in [2.05, 4.69) is 29.6 Å². The lowest BCUT2D eigenvalue weighted by molar-refractivity contribution is 0.132. The predicted molar refractivity (Wildman–Crippen MR) is 73.7 cm³/mol. The van der Waals surface area contributed by atoms with Gasteiger partial charge in [-0.25, -0.2) is 0 Å². The van der Waals surface area contributed by atoms with Gasteiger partial charge in [-0.1, -0.05) is 35.5 Å². The molecule has 0 radical (unpaired) electrons. The Morgan fingerprint density at radius 1 is 1.22 bits per heavy atom. The number of benzene rings is 1. The summed E-state index contributed by atoms with van der Waals surface area (Å²) in [6.07, 6.45) is 1.77. The SMILES string of the molecule is Cc1cc(/C=N/OCc2ccccc2)c(C)n1C. The van der Waals surface area contributed by atoms with Crippen molar-refractivity contribution >= 4 is 6.21 Å². The smallest absolute Gasteiger partial charge is 0.142 e. The summed E-state index contributed by atoms with van der Waals surface area (Å²) in [5, 5.41) is 4.01. The molecule has 0 aliphatic heterocycles. The molecule has 0 N–H and O–H groups in total. The summed E-state index contributed by atoms with van der Waals surface area (Å²) in [5.74, 6) is 0. The van der Waals surface area contributed by atoms with Crippen molar-refractivity contribution in [1.29, 1.82) is 0 Å². The van der Waals surface area contributed by atoms with E-state index in [-0.39, 0.29) is 0 Å². The van der Waals surface area contributed by atoms with Gasteiger partial charge in [-0.05, 0) is 25.5 Å². The molecule has 0 unspecified atom stereocenters. The van der Waals surface area contributed by atoms with Gasteiger partial charge in [-0.15, -0.1) is 0 Å². The van der Waals surface area contributed by atoms with Crippen LogP contribution < -0.4 is 0 Å². The monoisotopic (exact) mass is 242 g/mol. The first-order valence-corrected chi connectivity index (χ1v) is 6.00. The average Bonchev–Trinajstić information content (AvgIpc) is 2.64. The van der Waals surface area contributed by atoms with E-state index in [0.29, 0.717) is 6.61 Å². The van der Waals surface area contributed by atoms with Gasteiger partial charge in [0.1, 0.15) is 6.61 Å². The standard InChI is InChI=1S/C15H18N2O/c1-12-9-15(13(2)17(12)3)10-16-18-11-14-7-5-4-6-8-14/h4-10H,11H2,1-3H3/b16-10+. The Hall–Kier alpha value is -2.03. The van der Waals surface area contributed by atoms with Crippen LogP contribution in [0.15, 0.2) is 41.6 Å². The maximum Gasteiger partial charge on any atom is 0.142 e. The van der Waals surface area contributed by atoms with Crippen molar-refractivity contribution in [2.75, 3.05) is 0 Å². The Morgan fingerprint density at radius 3 is 2.56 bits per heavy atom. The Kier molecular flexibility index (Phi) is 3.82. The third-order valence-corrected chi connectivity index (χ3v) is 3.15. The van der Waals surface area contributed by atoms with Gasteiger partial charge >= 0.3 is 0 Å². The van der Waals surface area contributed by atoms with E-state index in [4.69, 9.17) is 4.84 Å². The van der Waals surface area contributed by atoms with Crippen LogP contribution in [0, 0.1) is 13.8 Å². The van der Waals surface area contributed by atoms with E-state index in [1.54, 1.807) is 6.21 Å². The minimum Gasteiger partial charge on any atom is -0.391 e. The topological polar surface area (TPSA) is 26.5 Å². The minimum absolute atomic E-state index is 0.502. The molecule has 0 spiro atoms. The maximum absolute atomic E-state index is 5.29. The molecule has 0 aliphatic rings. The molecule has 3 heteroatoms. The van der Waals surface area contributed by atoms with Crippen LogP contribution in [-0.4, -0.2) is 10.8 Å². The van der Waals surface area contributed by atoms with E-state index in [1.807, 2.05) is 37.4 Å². The van der Waals surface area contributed by atoms with E-state index in [0.717, 1.165) is 11.1 Å². The summed E-state index contributed by atoms with van der Waals surface area (Å²) in [6, 6.07) is 12.1. The van der Waals surface area contributed by atoms with Gasteiger partial charge in [0, 0.05) is 24.0 Å². The fraction of sp³-hybridized carbons (Fsp3) is 0.267. The molecule has 0 atom stereocenters. The van der Waals surface area contributed by atoms with Crippen molar-refractivity contribution in [2.24, 2.45) is 12.2 Å². The number of rotatable bonds is 4. The molecule has 2 aromatic rings. The minimum atomic E-state index is 0.502. The van der Waals surface area contributed by atoms with E-state index < -0.39 is 0 Å². The van der Waals surface area contributed by atoms with Crippen LogP contribution in [0.4, 0.5) is 0 Å². The lowest BCUT2D eigenvalue weighted by atomic mass is 10.2. The zero-order valence-electron chi connectivity index (χ0n) is 11.1. The molecule has 1 heterocycles. The lowest BCUT2D eigenvalue weighted by Gasteiger charge is -2.00. The zero-order valence-corrected chi connectivity index (χ0v) is 11.1. The number of hydrogen-bond acceptors (Lipinski definition) is 2. The highest BCUT2D eigenvalue weighted by Crippen LogP contribution is 2.11. The van der Waals surface area contributed by atoms with Crippen LogP contribution in [0.2, 0.25) is 0 Å². The molecule has 0 amide bonds. The Bertz CT molecular complexity index is 541. The first-order chi connectivity index (χ1) is 8.68. The number of hydrogen-bond donors (Lipinski definition) is 0. The van der Waals surface area contributed by atoms with Crippen molar-refractivity contribution in [1.82, 2.24) is 4.57 Å². The highest BCUT2D eigenvalue weighted by Gasteiger charge is 2.03. The second-order valence-corrected chi connectivity index (χ2v) is 4.38. The summed E-state index contributed by atoms with van der Waals surface area (Å²) < 4.78 is 2.14. The second kappa shape index (κ2) is 5.54. The van der Waals surface area contributed by atoms with Crippen LogP contribution in [0.3, 0.4) is 0 Å². The maximum atomic E-state index is 5.29. The molecule has 18 heavy (non-hydrogen) atoms. The molecular weight excluding hydrogens is 224 g/mol. The molecule has 1 aromatic heterocycles. The zero-order chi connectivity index (χ0) is 13.0. The molecule has 94 valence electrons. The molecular formula is C15H18N2O. The number of aromatic nitrogens is 1. The van der Waals surface area contributed by atoms with Crippen LogP contribution >= 0.6 is 0 Å². The first-order valence-electron chi connectivity index (χ1n) is 6.00. The van der Waals surface area contributed by atoms with Gasteiger partial charge in [0.2, 0.25) is 0 Å². The highest BCUT2D eigenvalue weighted by molar-refractivity contribution is 5.81. The van der Waals surface area contributed by atoms with Gasteiger partial charge in [-0.3, -0.25) is 0 Å². The largest absolute Gasteiger partial charge is 0.391 e. The quantitative estimate of drug-likeness (QED) is 0.597. The molecule has 0 saturated heterocycles. The fourth-order valence-corrected chi connectivity index (χ4v) is 1.80. The molecule has 3 nitrogen and oxygen atoms in total. The molecule has 1 aromatic carbocycles. The van der Waals surface area contributed by atoms with Gasteiger partial charge in [0.15, 0.2) is 0 Å². The normalized spacial score (nSPS) is 11.1. The Labute approximate surface area is 108 Å². The summed E-state index contributed by atoms with van der Waals surface area (Å²) in [7, 11) is 2.05. The van der Waals surface area contributed by atoms with Gasteiger partial charge in [0.05, 0.1) is 6.21 Å². The van der Waals surface area contributed by atoms with Gasteiger partial charge in [0.25, 0.3) is 0 Å². The van der Waals surface area contributed by atoms with Crippen molar-refractivity contribution in [3.05, 3.63) is 58.9 Å². The number of oxime groups is 1. The van der Waals surface area contributed by atoms with Crippen LogP contribution in [0.25, 0.3) is 0 Å². The lowest BCUT2D eigenvalue weighted by Crippen LogP contribution is -1.94. The van der Waals surface area contributed by atoms with Gasteiger partial charge < -0.3 is 9.40 Å². The molecule has 0 aliphatic carbocycles. The second-order valence-electron chi connectivity index (χ2n) is 4.38. The summed E-state index contributed by atoms with van der Waals surface area (Å²) in [5.41, 5.74) is 4.63. The molecule has 0 bridgehead atoms. The van der Waals surface area contributed by atoms with Crippen LogP contribution in [-0.2, 0) is 18.5 Å². The molecule has 0 fully saturated rings. The highest BCUT2D eigenvalue weighted by atomic mass is 16.6. The third-order valence-electron chi connectivity index (χ3n) is 3.15. The summed E-state index contributed by atoms with van der Waals surface area (Å²) >= 11 is 0. The third kappa shape index (κ3) is 2.80. The predicted octanol–water partition coefficient (Wildman–Crippen LogP) is 3.19. The van der Waals surface area contributed by atoms with Crippen molar-refractivity contribution in [3.8, 4) is 0 Å². The van der Waals surface area contributed by atoms with Crippen molar-refractivity contribution in [3.63, 3.8) is 0 Å². The Balaban J connectivity index is 1.94. The molecule has 2 rings (SSSR count).